The van der Waals surface area contributed by atoms with Crippen LogP contribution in [0, 0.1) is 0 Å². The Labute approximate surface area is 157 Å². The summed E-state index contributed by atoms with van der Waals surface area (Å²) >= 11 is 0. The van der Waals surface area contributed by atoms with Gasteiger partial charge in [-0.05, 0) is 24.6 Å². The van der Waals surface area contributed by atoms with Crippen LogP contribution in [0.5, 0.6) is 5.75 Å². The van der Waals surface area contributed by atoms with Gasteiger partial charge in [-0.15, -0.1) is 0 Å². The van der Waals surface area contributed by atoms with E-state index in [1.807, 2.05) is 42.5 Å². The zero-order valence-electron chi connectivity index (χ0n) is 15.2. The predicted molar refractivity (Wildman–Crippen MR) is 102 cm³/mol. The number of hydrogen-bond donors (Lipinski definition) is 0. The Morgan fingerprint density at radius 2 is 2.00 bits per heavy atom. The Balaban J connectivity index is 1.98. The van der Waals surface area contributed by atoms with Gasteiger partial charge in [0.25, 0.3) is 0 Å². The van der Waals surface area contributed by atoms with E-state index in [1.54, 1.807) is 26.3 Å². The Morgan fingerprint density at radius 3 is 2.67 bits per heavy atom. The average molecular weight is 364 g/mol. The van der Waals surface area contributed by atoms with Gasteiger partial charge < -0.3 is 13.9 Å². The van der Waals surface area contributed by atoms with Crippen molar-refractivity contribution in [1.29, 1.82) is 0 Å². The second-order valence-corrected chi connectivity index (χ2v) is 5.66. The summed E-state index contributed by atoms with van der Waals surface area (Å²) in [6.45, 7) is 2.12. The van der Waals surface area contributed by atoms with Crippen LogP contribution < -0.4 is 4.74 Å². The zero-order valence-corrected chi connectivity index (χ0v) is 15.2. The van der Waals surface area contributed by atoms with Crippen molar-refractivity contribution in [2.45, 2.75) is 13.3 Å². The Bertz CT molecular complexity index is 919. The molecule has 1 heterocycles. The topological polar surface area (TPSA) is 73.9 Å². The standard InChI is InChI=1S/C21H20N2O4/c1-3-26-21(24)12-18(15-7-5-4-6-8-15)23-16-9-10-17(19(11-16)25-2)20-13-22-14-27-20/h4-11,13-14H,3,12H2,1-2H3. The molecule has 0 unspecified atom stereocenters. The fraction of sp³-hybridized carbons (Fsp3) is 0.190. The number of hydrogen-bond acceptors (Lipinski definition) is 6. The van der Waals surface area contributed by atoms with Gasteiger partial charge >= 0.3 is 5.97 Å². The van der Waals surface area contributed by atoms with Crippen LogP contribution in [-0.2, 0) is 9.53 Å². The summed E-state index contributed by atoms with van der Waals surface area (Å²) in [7, 11) is 1.58. The highest BCUT2D eigenvalue weighted by atomic mass is 16.5. The molecule has 0 saturated carbocycles. The predicted octanol–water partition coefficient (Wildman–Crippen LogP) is 4.42. The molecule has 0 spiro atoms. The molecular formula is C21H20N2O4. The number of methoxy groups -OCH3 is 1. The van der Waals surface area contributed by atoms with E-state index in [0.29, 0.717) is 29.5 Å². The largest absolute Gasteiger partial charge is 0.496 e. The average Bonchev–Trinajstić information content (AvgIpc) is 3.23. The van der Waals surface area contributed by atoms with Gasteiger partial charge in [-0.3, -0.25) is 9.79 Å². The molecule has 138 valence electrons. The Hall–Kier alpha value is -3.41. The molecule has 0 radical (unpaired) electrons. The van der Waals surface area contributed by atoms with E-state index in [2.05, 4.69) is 9.98 Å². The van der Waals surface area contributed by atoms with Crippen LogP contribution in [0.1, 0.15) is 18.9 Å². The van der Waals surface area contributed by atoms with Crippen molar-refractivity contribution in [2.24, 2.45) is 4.99 Å². The van der Waals surface area contributed by atoms with E-state index in [-0.39, 0.29) is 12.4 Å². The van der Waals surface area contributed by atoms with E-state index >= 15 is 0 Å². The number of rotatable bonds is 7. The summed E-state index contributed by atoms with van der Waals surface area (Å²) in [6.07, 6.45) is 3.08. The highest BCUT2D eigenvalue weighted by molar-refractivity contribution is 6.10. The molecule has 0 bridgehead atoms. The highest BCUT2D eigenvalue weighted by Crippen LogP contribution is 2.33. The smallest absolute Gasteiger partial charge is 0.311 e. The quantitative estimate of drug-likeness (QED) is 0.458. The van der Waals surface area contributed by atoms with E-state index in [9.17, 15) is 4.79 Å². The van der Waals surface area contributed by atoms with Crippen molar-refractivity contribution in [3.63, 3.8) is 0 Å². The van der Waals surface area contributed by atoms with Crippen molar-refractivity contribution in [1.82, 2.24) is 4.98 Å². The van der Waals surface area contributed by atoms with Crippen LogP contribution in [0.15, 0.2) is 70.5 Å². The molecule has 27 heavy (non-hydrogen) atoms. The summed E-state index contributed by atoms with van der Waals surface area (Å²) < 4.78 is 15.9. The van der Waals surface area contributed by atoms with E-state index in [4.69, 9.17) is 13.9 Å². The van der Waals surface area contributed by atoms with Gasteiger partial charge in [-0.2, -0.15) is 0 Å². The monoisotopic (exact) mass is 364 g/mol. The maximum Gasteiger partial charge on any atom is 0.311 e. The molecule has 6 heteroatoms. The lowest BCUT2D eigenvalue weighted by atomic mass is 10.1. The van der Waals surface area contributed by atoms with Gasteiger partial charge in [0.15, 0.2) is 12.2 Å². The van der Waals surface area contributed by atoms with Gasteiger partial charge in [-0.25, -0.2) is 4.98 Å². The van der Waals surface area contributed by atoms with Crippen LogP contribution >= 0.6 is 0 Å². The van der Waals surface area contributed by atoms with Crippen molar-refractivity contribution in [3.05, 3.63) is 66.7 Å². The third-order valence-corrected chi connectivity index (χ3v) is 3.87. The molecule has 2 aromatic carbocycles. The summed E-state index contributed by atoms with van der Waals surface area (Å²) in [5, 5.41) is 0. The van der Waals surface area contributed by atoms with Gasteiger partial charge in [0, 0.05) is 6.07 Å². The number of carbonyl (C=O) groups is 1. The summed E-state index contributed by atoms with van der Waals surface area (Å²) in [4.78, 5) is 20.6. The normalized spacial score (nSPS) is 11.3. The zero-order chi connectivity index (χ0) is 19.1. The van der Waals surface area contributed by atoms with Gasteiger partial charge in [0.2, 0.25) is 0 Å². The number of oxazole rings is 1. The molecule has 0 saturated heterocycles. The summed E-state index contributed by atoms with van der Waals surface area (Å²) in [5.41, 5.74) is 2.94. The molecule has 1 aromatic heterocycles. The van der Waals surface area contributed by atoms with E-state index < -0.39 is 0 Å². The molecule has 3 aromatic rings. The molecular weight excluding hydrogens is 344 g/mol. The molecule has 0 amide bonds. The van der Waals surface area contributed by atoms with Crippen LogP contribution in [0.3, 0.4) is 0 Å². The fourth-order valence-corrected chi connectivity index (χ4v) is 2.64. The lowest BCUT2D eigenvalue weighted by molar-refractivity contribution is -0.141. The minimum Gasteiger partial charge on any atom is -0.496 e. The lowest BCUT2D eigenvalue weighted by Gasteiger charge is -2.09. The molecule has 0 aliphatic heterocycles. The third-order valence-electron chi connectivity index (χ3n) is 3.87. The first-order valence-corrected chi connectivity index (χ1v) is 8.56. The number of nitrogens with zero attached hydrogens (tertiary/aromatic N) is 2. The van der Waals surface area contributed by atoms with E-state index in [1.165, 1.54) is 6.39 Å². The summed E-state index contributed by atoms with van der Waals surface area (Å²) in [5.74, 6) is 0.902. The number of esters is 1. The van der Waals surface area contributed by atoms with Crippen LogP contribution in [0.2, 0.25) is 0 Å². The molecule has 0 aliphatic carbocycles. The molecule has 6 nitrogen and oxygen atoms in total. The molecule has 0 aliphatic rings. The number of aliphatic imine (C=N–C) groups is 1. The SMILES string of the molecule is CCOC(=O)CC(=Nc1ccc(-c2cnco2)c(OC)c1)c1ccccc1. The summed E-state index contributed by atoms with van der Waals surface area (Å²) in [6, 6.07) is 15.1. The van der Waals surface area contributed by atoms with Crippen LogP contribution in [0.4, 0.5) is 5.69 Å². The minimum absolute atomic E-state index is 0.0873. The lowest BCUT2D eigenvalue weighted by Crippen LogP contribution is -2.12. The molecule has 0 fully saturated rings. The first-order chi connectivity index (χ1) is 13.2. The van der Waals surface area contributed by atoms with Crippen molar-refractivity contribution in [2.75, 3.05) is 13.7 Å². The van der Waals surface area contributed by atoms with Crippen LogP contribution in [-0.4, -0.2) is 30.4 Å². The Kier molecular flexibility index (Phi) is 5.99. The Morgan fingerprint density at radius 1 is 1.19 bits per heavy atom. The van der Waals surface area contributed by atoms with Crippen LogP contribution in [0.25, 0.3) is 11.3 Å². The first-order valence-electron chi connectivity index (χ1n) is 8.56. The maximum absolute atomic E-state index is 12.0. The van der Waals surface area contributed by atoms with Crippen molar-refractivity contribution < 1.29 is 18.7 Å². The van der Waals surface area contributed by atoms with Gasteiger partial charge in [-0.1, -0.05) is 30.3 Å². The first kappa shape index (κ1) is 18.4. The van der Waals surface area contributed by atoms with Gasteiger partial charge in [0.1, 0.15) is 5.75 Å². The maximum atomic E-state index is 12.0. The third kappa shape index (κ3) is 4.61. The van der Waals surface area contributed by atoms with Gasteiger partial charge in [0.05, 0.1) is 43.3 Å². The molecule has 0 atom stereocenters. The fourth-order valence-electron chi connectivity index (χ4n) is 2.64. The number of carbonyl (C=O) groups excluding carboxylic acids is 1. The number of aromatic nitrogens is 1. The highest BCUT2D eigenvalue weighted by Gasteiger charge is 2.13. The second kappa shape index (κ2) is 8.80. The number of benzene rings is 2. The minimum atomic E-state index is -0.314. The number of ether oxygens (including phenoxy) is 2. The second-order valence-electron chi connectivity index (χ2n) is 5.66. The molecule has 0 N–H and O–H groups in total. The molecule has 3 rings (SSSR count). The van der Waals surface area contributed by atoms with Crippen molar-refractivity contribution in [3.8, 4) is 17.1 Å². The van der Waals surface area contributed by atoms with Crippen molar-refractivity contribution >= 4 is 17.4 Å². The van der Waals surface area contributed by atoms with E-state index in [0.717, 1.165) is 11.1 Å².